The van der Waals surface area contributed by atoms with Gasteiger partial charge in [-0.15, -0.1) is 0 Å². The Morgan fingerprint density at radius 3 is 2.74 bits per heavy atom. The van der Waals surface area contributed by atoms with E-state index in [1.165, 1.54) is 9.79 Å². The molecule has 2 aromatic carbocycles. The van der Waals surface area contributed by atoms with E-state index in [4.69, 9.17) is 16.9 Å². The van der Waals surface area contributed by atoms with Crippen molar-refractivity contribution in [1.82, 2.24) is 0 Å². The van der Waals surface area contributed by atoms with Crippen LogP contribution in [0, 0.1) is 11.3 Å². The van der Waals surface area contributed by atoms with Crippen molar-refractivity contribution in [3.63, 3.8) is 0 Å². The van der Waals surface area contributed by atoms with Gasteiger partial charge in [0.05, 0.1) is 23.9 Å². The van der Waals surface area contributed by atoms with Gasteiger partial charge < -0.3 is 4.90 Å². The van der Waals surface area contributed by atoms with Gasteiger partial charge in [0.1, 0.15) is 0 Å². The maximum Gasteiger partial charge on any atom is 0.0640 e. The number of rotatable bonds is 2. The van der Waals surface area contributed by atoms with E-state index >= 15 is 0 Å². The second-order valence-corrected chi connectivity index (χ2v) is 5.76. The van der Waals surface area contributed by atoms with Crippen LogP contribution in [0.2, 0.25) is 5.02 Å². The van der Waals surface area contributed by atoms with E-state index in [0.717, 1.165) is 16.4 Å². The molecule has 3 rings (SSSR count). The Balaban J connectivity index is 2.11. The van der Waals surface area contributed by atoms with Crippen LogP contribution < -0.4 is 4.90 Å². The summed E-state index contributed by atoms with van der Waals surface area (Å²) < 4.78 is 0. The van der Waals surface area contributed by atoms with E-state index in [-0.39, 0.29) is 0 Å². The molecular weight excluding hydrogens is 276 g/mol. The van der Waals surface area contributed by atoms with Gasteiger partial charge >= 0.3 is 0 Å². The van der Waals surface area contributed by atoms with Gasteiger partial charge in [0, 0.05) is 21.4 Å². The first-order chi connectivity index (χ1) is 9.29. The lowest BCUT2D eigenvalue weighted by atomic mass is 10.2. The fourth-order valence-corrected chi connectivity index (χ4v) is 3.45. The van der Waals surface area contributed by atoms with Crippen LogP contribution in [0.4, 0.5) is 11.4 Å². The van der Waals surface area contributed by atoms with Gasteiger partial charge in [0.25, 0.3) is 0 Å². The first-order valence-corrected chi connectivity index (χ1v) is 7.20. The maximum absolute atomic E-state index is 8.84. The number of hydrogen-bond acceptors (Lipinski definition) is 3. The highest BCUT2D eigenvalue weighted by Gasteiger charge is 2.22. The molecule has 1 heterocycles. The molecule has 0 spiro atoms. The fraction of sp³-hybridized carbons (Fsp3) is 0.133. The molecule has 0 aromatic heterocycles. The third kappa shape index (κ3) is 2.30. The van der Waals surface area contributed by atoms with Crippen LogP contribution in [0.15, 0.2) is 52.3 Å². The zero-order chi connectivity index (χ0) is 13.2. The smallest absolute Gasteiger partial charge is 0.0640 e. The lowest BCUT2D eigenvalue weighted by Gasteiger charge is -2.32. The molecule has 0 amide bonds. The summed E-state index contributed by atoms with van der Waals surface area (Å²) in [6.07, 6.45) is 0.491. The number of nitriles is 1. The summed E-state index contributed by atoms with van der Waals surface area (Å²) >= 11 is 7.85. The van der Waals surface area contributed by atoms with Gasteiger partial charge in [0.2, 0.25) is 0 Å². The van der Waals surface area contributed by atoms with Gasteiger partial charge in [-0.3, -0.25) is 0 Å². The lowest BCUT2D eigenvalue weighted by molar-refractivity contribution is 0.919. The van der Waals surface area contributed by atoms with Crippen molar-refractivity contribution in [2.45, 2.75) is 16.2 Å². The predicted molar refractivity (Wildman–Crippen MR) is 79.3 cm³/mol. The van der Waals surface area contributed by atoms with Gasteiger partial charge in [-0.1, -0.05) is 35.5 Å². The van der Waals surface area contributed by atoms with Gasteiger partial charge in [-0.2, -0.15) is 5.26 Å². The minimum absolute atomic E-state index is 0.491. The third-order valence-electron chi connectivity index (χ3n) is 3.03. The molecule has 1 aliphatic heterocycles. The average Bonchev–Trinajstić information content (AvgIpc) is 2.44. The first kappa shape index (κ1) is 12.4. The Labute approximate surface area is 121 Å². The molecule has 94 valence electrons. The summed E-state index contributed by atoms with van der Waals surface area (Å²) in [5.41, 5.74) is 2.24. The summed E-state index contributed by atoms with van der Waals surface area (Å²) in [7, 11) is 0. The normalized spacial score (nSPS) is 12.5. The molecule has 2 nitrogen and oxygen atoms in total. The van der Waals surface area contributed by atoms with Crippen LogP contribution in [0.3, 0.4) is 0 Å². The number of nitrogens with zero attached hydrogens (tertiary/aromatic N) is 2. The predicted octanol–water partition coefficient (Wildman–Crippen LogP) is 4.86. The van der Waals surface area contributed by atoms with Crippen molar-refractivity contribution in [2.75, 3.05) is 11.4 Å². The van der Waals surface area contributed by atoms with Crippen molar-refractivity contribution < 1.29 is 0 Å². The molecule has 1 aliphatic rings. The fourth-order valence-electron chi connectivity index (χ4n) is 2.21. The molecule has 0 saturated carbocycles. The van der Waals surface area contributed by atoms with Gasteiger partial charge in [0.15, 0.2) is 0 Å². The van der Waals surface area contributed by atoms with E-state index in [1.54, 1.807) is 11.8 Å². The number of para-hydroxylation sites is 1. The number of anilines is 2. The van der Waals surface area contributed by atoms with Crippen molar-refractivity contribution in [2.24, 2.45) is 0 Å². The Kier molecular flexibility index (Phi) is 3.37. The molecule has 0 N–H and O–H groups in total. The van der Waals surface area contributed by atoms with Crippen LogP contribution in [-0.2, 0) is 0 Å². The molecule has 0 saturated heterocycles. The zero-order valence-electron chi connectivity index (χ0n) is 10.1. The van der Waals surface area contributed by atoms with E-state index in [9.17, 15) is 0 Å². The van der Waals surface area contributed by atoms with E-state index in [1.807, 2.05) is 30.3 Å². The van der Waals surface area contributed by atoms with Crippen molar-refractivity contribution in [1.29, 1.82) is 5.26 Å². The van der Waals surface area contributed by atoms with Gasteiger partial charge in [-0.25, -0.2) is 0 Å². The molecule has 0 radical (unpaired) electrons. The molecular formula is C15H11ClN2S. The topological polar surface area (TPSA) is 27.0 Å². The van der Waals surface area contributed by atoms with Gasteiger partial charge in [-0.05, 0) is 30.3 Å². The Morgan fingerprint density at radius 2 is 1.89 bits per heavy atom. The second-order valence-electron chi connectivity index (χ2n) is 4.24. The quantitative estimate of drug-likeness (QED) is 0.789. The van der Waals surface area contributed by atoms with Crippen LogP contribution in [0.1, 0.15) is 6.42 Å². The number of fused-ring (bicyclic) bond motifs is 2. The Hall–Kier alpha value is -1.63. The standard InChI is InChI=1S/C15H11ClN2S/c16-11-6-7-15-13(10-11)18(9-3-8-17)12-4-1-2-5-14(12)19-15/h1-2,4-7,10H,3,9H2. The average molecular weight is 287 g/mol. The monoisotopic (exact) mass is 286 g/mol. The highest BCUT2D eigenvalue weighted by atomic mass is 35.5. The van der Waals surface area contributed by atoms with Crippen LogP contribution in [-0.4, -0.2) is 6.54 Å². The summed E-state index contributed by atoms with van der Waals surface area (Å²) in [4.78, 5) is 4.58. The lowest BCUT2D eigenvalue weighted by Crippen LogP contribution is -2.21. The maximum atomic E-state index is 8.84. The van der Waals surface area contributed by atoms with Crippen LogP contribution in [0.25, 0.3) is 0 Å². The van der Waals surface area contributed by atoms with E-state index in [2.05, 4.69) is 23.1 Å². The molecule has 19 heavy (non-hydrogen) atoms. The zero-order valence-corrected chi connectivity index (χ0v) is 11.7. The van der Waals surface area contributed by atoms with E-state index < -0.39 is 0 Å². The third-order valence-corrected chi connectivity index (χ3v) is 4.40. The summed E-state index contributed by atoms with van der Waals surface area (Å²) in [5, 5.41) is 9.56. The molecule has 0 bridgehead atoms. The Bertz CT molecular complexity index is 663. The number of hydrogen-bond donors (Lipinski definition) is 0. The summed E-state index contributed by atoms with van der Waals surface area (Å²) in [5.74, 6) is 0. The van der Waals surface area contributed by atoms with Crippen molar-refractivity contribution >= 4 is 34.7 Å². The minimum atomic E-state index is 0.491. The largest absolute Gasteiger partial charge is 0.339 e. The van der Waals surface area contributed by atoms with Crippen LogP contribution in [0.5, 0.6) is 0 Å². The highest BCUT2D eigenvalue weighted by molar-refractivity contribution is 7.99. The molecule has 0 unspecified atom stereocenters. The molecule has 0 atom stereocenters. The summed E-state index contributed by atoms with van der Waals surface area (Å²) in [6.45, 7) is 0.682. The minimum Gasteiger partial charge on any atom is -0.339 e. The second kappa shape index (κ2) is 5.16. The molecule has 0 aliphatic carbocycles. The molecule has 0 fully saturated rings. The number of halogens is 1. The molecule has 2 aromatic rings. The van der Waals surface area contributed by atoms with Crippen molar-refractivity contribution in [3.05, 3.63) is 47.5 Å². The summed E-state index contributed by atoms with van der Waals surface area (Å²) in [6, 6.07) is 16.4. The van der Waals surface area contributed by atoms with E-state index in [0.29, 0.717) is 13.0 Å². The molecule has 4 heteroatoms. The number of benzene rings is 2. The van der Waals surface area contributed by atoms with Crippen molar-refractivity contribution in [3.8, 4) is 6.07 Å². The Morgan fingerprint density at radius 1 is 1.11 bits per heavy atom. The highest BCUT2D eigenvalue weighted by Crippen LogP contribution is 2.48. The first-order valence-electron chi connectivity index (χ1n) is 6.00. The van der Waals surface area contributed by atoms with Crippen LogP contribution >= 0.6 is 23.4 Å². The SMILES string of the molecule is N#CCCN1c2ccccc2Sc2ccc(Cl)cc21.